The summed E-state index contributed by atoms with van der Waals surface area (Å²) in [5.41, 5.74) is 3.61. The lowest BCUT2D eigenvalue weighted by molar-refractivity contribution is -0.384. The van der Waals surface area contributed by atoms with Gasteiger partial charge in [-0.25, -0.2) is 4.98 Å². The number of anilines is 1. The van der Waals surface area contributed by atoms with Crippen molar-refractivity contribution in [3.05, 3.63) is 105 Å². The highest BCUT2D eigenvalue weighted by Gasteiger charge is 2.14. The van der Waals surface area contributed by atoms with Crippen LogP contribution in [-0.4, -0.2) is 15.8 Å². The second-order valence-corrected chi connectivity index (χ2v) is 9.39. The van der Waals surface area contributed by atoms with E-state index in [0.717, 1.165) is 20.8 Å². The maximum Gasteiger partial charge on any atom is 0.291 e. The fourth-order valence-corrected chi connectivity index (χ4v) is 4.79. The van der Waals surface area contributed by atoms with Crippen molar-refractivity contribution < 1.29 is 18.9 Å². The van der Waals surface area contributed by atoms with E-state index in [9.17, 15) is 14.9 Å². The molecule has 36 heavy (non-hydrogen) atoms. The van der Waals surface area contributed by atoms with Crippen LogP contribution in [0.15, 0.2) is 77.2 Å². The number of nitrogens with zero attached hydrogens (tertiary/aromatic N) is 2. The minimum absolute atomic E-state index is 0.00119. The van der Waals surface area contributed by atoms with Crippen molar-refractivity contribution in [1.82, 2.24) is 4.98 Å². The number of ether oxygens (including phenoxy) is 1. The van der Waals surface area contributed by atoms with Crippen LogP contribution in [0.2, 0.25) is 5.02 Å². The van der Waals surface area contributed by atoms with Gasteiger partial charge in [0, 0.05) is 23.4 Å². The maximum absolute atomic E-state index is 12.6. The van der Waals surface area contributed by atoms with Gasteiger partial charge in [0.2, 0.25) is 0 Å². The Kier molecular flexibility index (Phi) is 6.41. The highest BCUT2D eigenvalue weighted by molar-refractivity contribution is 7.21. The van der Waals surface area contributed by atoms with Crippen LogP contribution in [0.3, 0.4) is 0 Å². The van der Waals surface area contributed by atoms with E-state index in [4.69, 9.17) is 20.8 Å². The first-order valence-corrected chi connectivity index (χ1v) is 12.0. The van der Waals surface area contributed by atoms with Gasteiger partial charge in [0.05, 0.1) is 20.2 Å². The van der Waals surface area contributed by atoms with Gasteiger partial charge in [-0.1, -0.05) is 17.7 Å². The number of rotatable bonds is 7. The summed E-state index contributed by atoms with van der Waals surface area (Å²) in [4.78, 5) is 27.6. The van der Waals surface area contributed by atoms with Gasteiger partial charge in [-0.05, 0) is 67.1 Å². The molecule has 0 fully saturated rings. The number of carbonyl (C=O) groups excluding carboxylic acids is 1. The molecule has 180 valence electrons. The second kappa shape index (κ2) is 9.80. The highest BCUT2D eigenvalue weighted by atomic mass is 35.5. The van der Waals surface area contributed by atoms with Crippen molar-refractivity contribution in [3.63, 3.8) is 0 Å². The van der Waals surface area contributed by atoms with Gasteiger partial charge < -0.3 is 14.5 Å². The van der Waals surface area contributed by atoms with E-state index < -0.39 is 10.8 Å². The zero-order valence-electron chi connectivity index (χ0n) is 18.9. The Morgan fingerprint density at radius 3 is 2.67 bits per heavy atom. The monoisotopic (exact) mass is 519 g/mol. The van der Waals surface area contributed by atoms with Crippen LogP contribution in [0.25, 0.3) is 20.8 Å². The van der Waals surface area contributed by atoms with Gasteiger partial charge >= 0.3 is 0 Å². The summed E-state index contributed by atoms with van der Waals surface area (Å²) in [7, 11) is 0. The number of hydrogen-bond donors (Lipinski definition) is 1. The van der Waals surface area contributed by atoms with Gasteiger partial charge in [0.25, 0.3) is 11.6 Å². The molecule has 1 N–H and O–H groups in total. The molecular weight excluding hydrogens is 502 g/mol. The van der Waals surface area contributed by atoms with Crippen molar-refractivity contribution in [2.45, 2.75) is 13.5 Å². The summed E-state index contributed by atoms with van der Waals surface area (Å²) in [6, 6.07) is 20.7. The van der Waals surface area contributed by atoms with Gasteiger partial charge in [0.15, 0.2) is 5.76 Å². The molecule has 0 radical (unpaired) electrons. The first kappa shape index (κ1) is 23.5. The van der Waals surface area contributed by atoms with E-state index in [0.29, 0.717) is 11.4 Å². The number of fused-ring (bicyclic) bond motifs is 1. The molecule has 3 aromatic carbocycles. The largest absolute Gasteiger partial charge is 0.484 e. The summed E-state index contributed by atoms with van der Waals surface area (Å²) >= 11 is 7.66. The highest BCUT2D eigenvalue weighted by Crippen LogP contribution is 2.32. The molecule has 0 aliphatic carbocycles. The lowest BCUT2D eigenvalue weighted by Crippen LogP contribution is -2.10. The Morgan fingerprint density at radius 1 is 1.11 bits per heavy atom. The van der Waals surface area contributed by atoms with Crippen molar-refractivity contribution in [1.29, 1.82) is 0 Å². The molecule has 0 bridgehead atoms. The van der Waals surface area contributed by atoms with Crippen LogP contribution in [-0.2, 0) is 6.61 Å². The van der Waals surface area contributed by atoms with Crippen LogP contribution in [0, 0.1) is 17.0 Å². The predicted molar refractivity (Wildman–Crippen MR) is 139 cm³/mol. The number of aromatic nitrogens is 1. The van der Waals surface area contributed by atoms with E-state index in [1.165, 1.54) is 23.8 Å². The molecule has 0 unspecified atom stereocenters. The number of benzene rings is 3. The average Bonchev–Trinajstić information content (AvgIpc) is 3.50. The SMILES string of the molecule is Cc1ccc2nc(-c3ccc(NC(=O)c4ccc(COc5ccc([N+](=O)[O-])cc5Cl)o4)cc3)sc2c1. The molecule has 10 heteroatoms. The summed E-state index contributed by atoms with van der Waals surface area (Å²) in [6.45, 7) is 2.06. The third kappa shape index (κ3) is 5.07. The first-order chi connectivity index (χ1) is 17.4. The number of hydrogen-bond acceptors (Lipinski definition) is 7. The molecule has 5 rings (SSSR count). The molecule has 2 heterocycles. The number of amides is 1. The number of non-ortho nitro benzene ring substituents is 1. The summed E-state index contributed by atoms with van der Waals surface area (Å²) in [5, 5.41) is 14.6. The predicted octanol–water partition coefficient (Wildman–Crippen LogP) is 7.26. The number of aryl methyl sites for hydroxylation is 1. The zero-order valence-corrected chi connectivity index (χ0v) is 20.4. The van der Waals surface area contributed by atoms with Crippen molar-refractivity contribution >= 4 is 50.4 Å². The van der Waals surface area contributed by atoms with Crippen molar-refractivity contribution in [2.24, 2.45) is 0 Å². The number of nitro benzene ring substituents is 1. The fourth-order valence-electron chi connectivity index (χ4n) is 3.49. The van der Waals surface area contributed by atoms with Crippen LogP contribution in [0.1, 0.15) is 21.9 Å². The molecule has 1 amide bonds. The lowest BCUT2D eigenvalue weighted by Gasteiger charge is -2.06. The Labute approximate surface area is 214 Å². The standard InChI is InChI=1S/C26H18ClN3O5S/c1-15-2-9-21-24(12-15)36-26(29-21)16-3-5-17(6-4-16)28-25(31)23-11-8-19(35-23)14-34-22-10-7-18(30(32)33)13-20(22)27/h2-13H,14H2,1H3,(H,28,31). The van der Waals surface area contributed by atoms with E-state index in [1.807, 2.05) is 36.4 Å². The second-order valence-electron chi connectivity index (χ2n) is 7.95. The van der Waals surface area contributed by atoms with Crippen LogP contribution >= 0.6 is 22.9 Å². The Bertz CT molecular complexity index is 1590. The van der Waals surface area contributed by atoms with E-state index in [2.05, 4.69) is 23.3 Å². The van der Waals surface area contributed by atoms with E-state index >= 15 is 0 Å². The molecule has 2 aromatic heterocycles. The molecule has 0 aliphatic heterocycles. The summed E-state index contributed by atoms with van der Waals surface area (Å²) in [6.07, 6.45) is 0. The van der Waals surface area contributed by atoms with Crippen LogP contribution < -0.4 is 10.1 Å². The normalized spacial score (nSPS) is 10.9. The maximum atomic E-state index is 12.6. The number of nitrogens with one attached hydrogen (secondary N) is 1. The number of carbonyl (C=O) groups is 1. The van der Waals surface area contributed by atoms with Crippen LogP contribution in [0.5, 0.6) is 5.75 Å². The number of halogens is 1. The van der Waals surface area contributed by atoms with E-state index in [-0.39, 0.29) is 28.8 Å². The summed E-state index contributed by atoms with van der Waals surface area (Å²) < 4.78 is 12.3. The molecular formula is C26H18ClN3O5S. The molecule has 0 saturated carbocycles. The Hall–Kier alpha value is -4.21. The number of furan rings is 1. The molecule has 0 aliphatic rings. The Morgan fingerprint density at radius 2 is 1.92 bits per heavy atom. The Balaban J connectivity index is 1.21. The van der Waals surface area contributed by atoms with Crippen molar-refractivity contribution in [3.8, 4) is 16.3 Å². The number of nitro groups is 1. The molecule has 5 aromatic rings. The molecule has 0 spiro atoms. The zero-order chi connectivity index (χ0) is 25.2. The fraction of sp³-hybridized carbons (Fsp3) is 0.0769. The quantitative estimate of drug-likeness (QED) is 0.179. The number of thiazole rings is 1. The average molecular weight is 520 g/mol. The third-order valence-electron chi connectivity index (χ3n) is 5.32. The third-order valence-corrected chi connectivity index (χ3v) is 6.68. The smallest absolute Gasteiger partial charge is 0.291 e. The van der Waals surface area contributed by atoms with Gasteiger partial charge in [0.1, 0.15) is 23.1 Å². The van der Waals surface area contributed by atoms with Gasteiger partial charge in [-0.15, -0.1) is 11.3 Å². The summed E-state index contributed by atoms with van der Waals surface area (Å²) in [5.74, 6) is 0.385. The van der Waals surface area contributed by atoms with Crippen LogP contribution in [0.4, 0.5) is 11.4 Å². The minimum atomic E-state index is -0.539. The van der Waals surface area contributed by atoms with Gasteiger partial charge in [-0.3, -0.25) is 14.9 Å². The first-order valence-electron chi connectivity index (χ1n) is 10.8. The molecule has 0 atom stereocenters. The van der Waals surface area contributed by atoms with Gasteiger partial charge in [-0.2, -0.15) is 0 Å². The topological polar surface area (TPSA) is 108 Å². The minimum Gasteiger partial charge on any atom is -0.484 e. The molecule has 8 nitrogen and oxygen atoms in total. The molecule has 0 saturated heterocycles. The van der Waals surface area contributed by atoms with Crippen molar-refractivity contribution in [2.75, 3.05) is 5.32 Å². The lowest BCUT2D eigenvalue weighted by atomic mass is 10.2. The van der Waals surface area contributed by atoms with E-state index in [1.54, 1.807) is 23.5 Å².